The summed E-state index contributed by atoms with van der Waals surface area (Å²) >= 11 is 1.64. The van der Waals surface area contributed by atoms with Gasteiger partial charge in [0.25, 0.3) is 0 Å². The summed E-state index contributed by atoms with van der Waals surface area (Å²) in [5.74, 6) is 1.16. The number of aromatic nitrogens is 1. The maximum absolute atomic E-state index is 5.79. The van der Waals surface area contributed by atoms with Gasteiger partial charge in [-0.05, 0) is 11.5 Å². The van der Waals surface area contributed by atoms with Crippen molar-refractivity contribution in [1.29, 1.82) is 0 Å². The number of rotatable bonds is 9. The van der Waals surface area contributed by atoms with E-state index >= 15 is 0 Å². The summed E-state index contributed by atoms with van der Waals surface area (Å²) in [6.45, 7) is 4.97. The number of nitrogens with one attached hydrogen (secondary N) is 2. The fourth-order valence-corrected chi connectivity index (χ4v) is 3.02. The molecule has 0 aliphatic rings. The molecule has 0 aliphatic carbocycles. The van der Waals surface area contributed by atoms with Gasteiger partial charge in [-0.25, -0.2) is 4.98 Å². The Morgan fingerprint density at radius 2 is 2.04 bits per heavy atom. The molecular formula is C19H29N5OS. The molecule has 2 aromatic rings. The van der Waals surface area contributed by atoms with E-state index < -0.39 is 0 Å². The molecule has 1 aromatic carbocycles. The van der Waals surface area contributed by atoms with E-state index in [-0.39, 0.29) is 0 Å². The van der Waals surface area contributed by atoms with Crippen molar-refractivity contribution in [3.05, 3.63) is 47.0 Å². The van der Waals surface area contributed by atoms with Crippen LogP contribution in [-0.4, -0.2) is 45.2 Å². The topological polar surface area (TPSA) is 61.8 Å². The van der Waals surface area contributed by atoms with Gasteiger partial charge in [-0.1, -0.05) is 37.3 Å². The maximum Gasteiger partial charge on any atom is 0.191 e. The number of thiazole rings is 1. The Morgan fingerprint density at radius 3 is 2.69 bits per heavy atom. The molecule has 0 aliphatic heterocycles. The zero-order valence-electron chi connectivity index (χ0n) is 16.0. The number of anilines is 1. The third-order valence-electron chi connectivity index (χ3n) is 3.71. The Hall–Kier alpha value is -2.12. The molecule has 26 heavy (non-hydrogen) atoms. The van der Waals surface area contributed by atoms with Crippen molar-refractivity contribution in [2.75, 3.05) is 39.2 Å². The summed E-state index contributed by atoms with van der Waals surface area (Å²) in [5.41, 5.74) is 2.21. The highest BCUT2D eigenvalue weighted by Crippen LogP contribution is 2.17. The number of ether oxygens (including phenoxy) is 1. The van der Waals surface area contributed by atoms with Crippen LogP contribution in [0.25, 0.3) is 0 Å². The van der Waals surface area contributed by atoms with Crippen LogP contribution in [0.2, 0.25) is 0 Å². The summed E-state index contributed by atoms with van der Waals surface area (Å²) in [7, 11) is 5.77. The van der Waals surface area contributed by atoms with Crippen LogP contribution in [0.15, 0.2) is 40.7 Å². The monoisotopic (exact) mass is 375 g/mol. The van der Waals surface area contributed by atoms with Gasteiger partial charge in [0, 0.05) is 33.1 Å². The van der Waals surface area contributed by atoms with Crippen LogP contribution in [-0.2, 0) is 17.9 Å². The molecule has 0 spiro atoms. The minimum Gasteiger partial charge on any atom is -0.376 e. The molecule has 1 aromatic heterocycles. The standard InChI is InChI=1S/C19H29N5OS/c1-15(12-25-13-16-8-6-5-7-9-16)10-21-18(20-2)22-11-17-14-26-19(23-17)24(3)4/h5-9,14-15H,10-13H2,1-4H3,(H2,20,21,22). The first-order valence-corrected chi connectivity index (χ1v) is 9.64. The number of nitrogens with zero attached hydrogens (tertiary/aromatic N) is 3. The van der Waals surface area contributed by atoms with Crippen molar-refractivity contribution in [1.82, 2.24) is 15.6 Å². The lowest BCUT2D eigenvalue weighted by atomic mass is 10.2. The molecule has 0 bridgehead atoms. The van der Waals surface area contributed by atoms with Crippen LogP contribution in [0.5, 0.6) is 0 Å². The molecule has 7 heteroatoms. The lowest BCUT2D eigenvalue weighted by Gasteiger charge is -2.16. The fourth-order valence-electron chi connectivity index (χ4n) is 2.26. The van der Waals surface area contributed by atoms with Gasteiger partial charge in [-0.3, -0.25) is 4.99 Å². The Morgan fingerprint density at radius 1 is 1.27 bits per heavy atom. The first-order chi connectivity index (χ1) is 12.6. The lowest BCUT2D eigenvalue weighted by molar-refractivity contribution is 0.0931. The van der Waals surface area contributed by atoms with Gasteiger partial charge < -0.3 is 20.3 Å². The van der Waals surface area contributed by atoms with Crippen LogP contribution < -0.4 is 15.5 Å². The van der Waals surface area contributed by atoms with Gasteiger partial charge in [0.1, 0.15) is 0 Å². The molecule has 2 N–H and O–H groups in total. The predicted octanol–water partition coefficient (Wildman–Crippen LogP) is 2.73. The van der Waals surface area contributed by atoms with Gasteiger partial charge in [0.15, 0.2) is 11.1 Å². The van der Waals surface area contributed by atoms with E-state index in [1.807, 2.05) is 37.2 Å². The second-order valence-electron chi connectivity index (χ2n) is 6.43. The fraction of sp³-hybridized carbons (Fsp3) is 0.474. The largest absolute Gasteiger partial charge is 0.376 e. The summed E-state index contributed by atoms with van der Waals surface area (Å²) in [5, 5.41) is 9.71. The van der Waals surface area contributed by atoms with Crippen LogP contribution in [0.3, 0.4) is 0 Å². The van der Waals surface area contributed by atoms with Crippen molar-refractivity contribution in [2.45, 2.75) is 20.1 Å². The minimum absolute atomic E-state index is 0.386. The number of hydrogen-bond donors (Lipinski definition) is 2. The molecule has 0 radical (unpaired) electrons. The molecule has 1 heterocycles. The molecule has 1 unspecified atom stereocenters. The van der Waals surface area contributed by atoms with Crippen molar-refractivity contribution >= 4 is 22.4 Å². The van der Waals surface area contributed by atoms with E-state index in [9.17, 15) is 0 Å². The van der Waals surface area contributed by atoms with Gasteiger partial charge in [-0.2, -0.15) is 0 Å². The van der Waals surface area contributed by atoms with Crippen molar-refractivity contribution in [3.63, 3.8) is 0 Å². The Balaban J connectivity index is 1.65. The van der Waals surface area contributed by atoms with Gasteiger partial charge in [-0.15, -0.1) is 11.3 Å². The molecule has 6 nitrogen and oxygen atoms in total. The normalized spacial score (nSPS) is 12.7. The molecule has 0 saturated carbocycles. The third kappa shape index (κ3) is 7.01. The van der Waals surface area contributed by atoms with E-state index in [0.717, 1.165) is 23.3 Å². The number of aliphatic imine (C=N–C) groups is 1. The van der Waals surface area contributed by atoms with E-state index in [1.54, 1.807) is 18.4 Å². The van der Waals surface area contributed by atoms with Crippen LogP contribution in [0, 0.1) is 5.92 Å². The van der Waals surface area contributed by atoms with Crippen molar-refractivity contribution in [2.24, 2.45) is 10.9 Å². The van der Waals surface area contributed by atoms with Crippen LogP contribution in [0.4, 0.5) is 5.13 Å². The van der Waals surface area contributed by atoms with Gasteiger partial charge in [0.05, 0.1) is 25.5 Å². The molecule has 142 valence electrons. The quantitative estimate of drug-likeness (QED) is 0.521. The summed E-state index contributed by atoms with van der Waals surface area (Å²) < 4.78 is 5.79. The van der Waals surface area contributed by atoms with Crippen molar-refractivity contribution in [3.8, 4) is 0 Å². The minimum atomic E-state index is 0.386. The summed E-state index contributed by atoms with van der Waals surface area (Å²) in [4.78, 5) is 10.8. The average Bonchev–Trinajstić information content (AvgIpc) is 3.12. The maximum atomic E-state index is 5.79. The molecular weight excluding hydrogens is 346 g/mol. The zero-order chi connectivity index (χ0) is 18.8. The second-order valence-corrected chi connectivity index (χ2v) is 7.26. The molecule has 2 rings (SSSR count). The van der Waals surface area contributed by atoms with Gasteiger partial charge >= 0.3 is 0 Å². The van der Waals surface area contributed by atoms with E-state index in [4.69, 9.17) is 4.74 Å². The number of hydrogen-bond acceptors (Lipinski definition) is 5. The number of guanidine groups is 1. The molecule has 0 saturated heterocycles. The SMILES string of the molecule is CN=C(NCc1csc(N(C)C)n1)NCC(C)COCc1ccccc1. The number of benzene rings is 1. The van der Waals surface area contributed by atoms with Gasteiger partial charge in [0.2, 0.25) is 0 Å². The predicted molar refractivity (Wildman–Crippen MR) is 110 cm³/mol. The summed E-state index contributed by atoms with van der Waals surface area (Å²) in [6, 6.07) is 10.2. The van der Waals surface area contributed by atoms with E-state index in [1.165, 1.54) is 5.56 Å². The Bertz CT molecular complexity index is 672. The third-order valence-corrected chi connectivity index (χ3v) is 4.77. The first-order valence-electron chi connectivity index (χ1n) is 8.76. The first kappa shape index (κ1) is 20.2. The second kappa shape index (κ2) is 10.8. The molecule has 0 fully saturated rings. The zero-order valence-corrected chi connectivity index (χ0v) is 16.8. The average molecular weight is 376 g/mol. The highest BCUT2D eigenvalue weighted by molar-refractivity contribution is 7.13. The van der Waals surface area contributed by atoms with E-state index in [2.05, 4.69) is 45.0 Å². The summed E-state index contributed by atoms with van der Waals surface area (Å²) in [6.07, 6.45) is 0. The van der Waals surface area contributed by atoms with Crippen LogP contribution >= 0.6 is 11.3 Å². The Kier molecular flexibility index (Phi) is 8.37. The smallest absolute Gasteiger partial charge is 0.191 e. The van der Waals surface area contributed by atoms with Crippen LogP contribution in [0.1, 0.15) is 18.2 Å². The highest BCUT2D eigenvalue weighted by Gasteiger charge is 2.07. The highest BCUT2D eigenvalue weighted by atomic mass is 32.1. The lowest BCUT2D eigenvalue weighted by Crippen LogP contribution is -2.39. The van der Waals surface area contributed by atoms with E-state index in [0.29, 0.717) is 25.7 Å². The molecule has 0 amide bonds. The molecule has 1 atom stereocenters. The Labute approximate surface area is 160 Å². The van der Waals surface area contributed by atoms with Crippen molar-refractivity contribution < 1.29 is 4.74 Å².